The van der Waals surface area contributed by atoms with Crippen molar-refractivity contribution >= 4 is 17.9 Å². The van der Waals surface area contributed by atoms with Gasteiger partial charge in [0.05, 0.1) is 0 Å². The van der Waals surface area contributed by atoms with Crippen molar-refractivity contribution in [3.63, 3.8) is 0 Å². The molecule has 2 N–H and O–H groups in total. The van der Waals surface area contributed by atoms with Gasteiger partial charge >= 0.3 is 17.9 Å². The average Bonchev–Trinajstić information content (AvgIpc) is 3.36. The molecular formula is C32H40O7. The van der Waals surface area contributed by atoms with E-state index in [1.807, 2.05) is 32.0 Å². The van der Waals surface area contributed by atoms with E-state index in [4.69, 9.17) is 9.47 Å². The lowest BCUT2D eigenvalue weighted by Gasteiger charge is -2.42. The van der Waals surface area contributed by atoms with E-state index < -0.39 is 34.8 Å². The van der Waals surface area contributed by atoms with Crippen molar-refractivity contribution in [2.24, 2.45) is 23.2 Å². The number of carbonyl (C=O) groups is 3. The summed E-state index contributed by atoms with van der Waals surface area (Å²) in [7, 11) is 0. The van der Waals surface area contributed by atoms with Crippen LogP contribution in [-0.2, 0) is 29.3 Å². The zero-order valence-electron chi connectivity index (χ0n) is 23.6. The first-order valence-corrected chi connectivity index (χ1v) is 14.1. The number of hydrogen-bond acceptors (Lipinski definition) is 6. The normalized spacial score (nSPS) is 35.8. The van der Waals surface area contributed by atoms with Gasteiger partial charge in [-0.25, -0.2) is 4.79 Å². The third-order valence-electron chi connectivity index (χ3n) is 10.5. The van der Waals surface area contributed by atoms with Crippen molar-refractivity contribution in [2.45, 2.75) is 90.3 Å². The topological polar surface area (TPSA) is 110 Å². The van der Waals surface area contributed by atoms with Crippen molar-refractivity contribution in [1.29, 1.82) is 0 Å². The van der Waals surface area contributed by atoms with Gasteiger partial charge in [-0.15, -0.1) is 0 Å². The van der Waals surface area contributed by atoms with Gasteiger partial charge in [-0.2, -0.15) is 0 Å². The van der Waals surface area contributed by atoms with Crippen molar-refractivity contribution in [3.05, 3.63) is 58.2 Å². The number of aryl methyl sites for hydroxylation is 1. The van der Waals surface area contributed by atoms with Gasteiger partial charge in [-0.05, 0) is 74.5 Å². The molecule has 39 heavy (non-hydrogen) atoms. The number of rotatable bonds is 7. The lowest BCUT2D eigenvalue weighted by Crippen LogP contribution is -2.44. The fraction of sp³-hybridized carbons (Fsp3) is 0.594. The Bertz CT molecular complexity index is 1280. The number of benzene rings is 1. The third kappa shape index (κ3) is 3.83. The Balaban J connectivity index is 1.69. The second-order valence-corrected chi connectivity index (χ2v) is 12.4. The molecular weight excluding hydrogens is 496 g/mol. The molecule has 7 nitrogen and oxygen atoms in total. The summed E-state index contributed by atoms with van der Waals surface area (Å²) in [6, 6.07) is 5.97. The Hall–Kier alpha value is -2.93. The summed E-state index contributed by atoms with van der Waals surface area (Å²) in [5, 5.41) is 20.4. The molecule has 1 aromatic rings. The summed E-state index contributed by atoms with van der Waals surface area (Å²) in [4.78, 5) is 38.4. The van der Waals surface area contributed by atoms with Gasteiger partial charge in [0.1, 0.15) is 17.6 Å². The monoisotopic (exact) mass is 536 g/mol. The molecule has 4 aliphatic rings. The van der Waals surface area contributed by atoms with E-state index in [0.29, 0.717) is 31.3 Å². The summed E-state index contributed by atoms with van der Waals surface area (Å²) in [6.45, 7) is 13.7. The predicted octanol–water partition coefficient (Wildman–Crippen LogP) is 4.99. The SMILES string of the molecule is C=C1C(=O)OC2CC(C)C34CC(C(=O)O)(c5ccc(C)c(C(C)CCCO)c5)C(C(C)=C3CC12)C4OC(C)=O. The highest BCUT2D eigenvalue weighted by Gasteiger charge is 2.74. The quantitative estimate of drug-likeness (QED) is 0.287. The number of ether oxygens (including phenoxy) is 2. The molecule has 1 saturated heterocycles. The Kier molecular flexibility index (Phi) is 6.81. The van der Waals surface area contributed by atoms with Crippen LogP contribution in [0.1, 0.15) is 82.4 Å². The number of aliphatic carboxylic acids is 1. The number of carboxylic acids is 1. The van der Waals surface area contributed by atoms with E-state index in [1.54, 1.807) is 0 Å². The van der Waals surface area contributed by atoms with E-state index in [1.165, 1.54) is 6.92 Å². The van der Waals surface area contributed by atoms with Crippen LogP contribution in [0.4, 0.5) is 0 Å². The second-order valence-electron chi connectivity index (χ2n) is 12.4. The van der Waals surface area contributed by atoms with Gasteiger partial charge in [-0.1, -0.05) is 49.8 Å². The maximum Gasteiger partial charge on any atom is 0.334 e. The van der Waals surface area contributed by atoms with Crippen LogP contribution < -0.4 is 0 Å². The van der Waals surface area contributed by atoms with Crippen LogP contribution in [0.3, 0.4) is 0 Å². The fourth-order valence-corrected chi connectivity index (χ4v) is 8.65. The summed E-state index contributed by atoms with van der Waals surface area (Å²) in [5.41, 5.74) is 3.49. The van der Waals surface area contributed by atoms with E-state index in [9.17, 15) is 24.6 Å². The van der Waals surface area contributed by atoms with Crippen LogP contribution in [0.25, 0.3) is 0 Å². The van der Waals surface area contributed by atoms with Crippen LogP contribution in [0, 0.1) is 30.1 Å². The highest BCUT2D eigenvalue weighted by atomic mass is 16.6. The van der Waals surface area contributed by atoms with Gasteiger partial charge in [0, 0.05) is 36.4 Å². The minimum absolute atomic E-state index is 0.0832. The molecule has 8 unspecified atom stereocenters. The Morgan fingerprint density at radius 2 is 2.00 bits per heavy atom. The van der Waals surface area contributed by atoms with E-state index in [-0.39, 0.29) is 36.4 Å². The summed E-state index contributed by atoms with van der Waals surface area (Å²) >= 11 is 0. The Morgan fingerprint density at radius 3 is 2.64 bits per heavy atom. The molecule has 0 radical (unpaired) electrons. The summed E-state index contributed by atoms with van der Waals surface area (Å²) in [6.07, 6.45) is 1.99. The minimum Gasteiger partial charge on any atom is -0.481 e. The van der Waals surface area contributed by atoms with Gasteiger partial charge in [0.25, 0.3) is 0 Å². The highest BCUT2D eigenvalue weighted by molar-refractivity contribution is 5.91. The minimum atomic E-state index is -1.27. The fourth-order valence-electron chi connectivity index (χ4n) is 8.65. The average molecular weight is 537 g/mol. The molecule has 3 aliphatic carbocycles. The highest BCUT2D eigenvalue weighted by Crippen LogP contribution is 2.72. The predicted molar refractivity (Wildman–Crippen MR) is 145 cm³/mol. The smallest absolute Gasteiger partial charge is 0.334 e. The number of carbonyl (C=O) groups excluding carboxylic acids is 2. The number of hydrogen-bond donors (Lipinski definition) is 2. The molecule has 3 fully saturated rings. The molecule has 2 bridgehead atoms. The second kappa shape index (κ2) is 9.61. The zero-order chi connectivity index (χ0) is 28.4. The summed E-state index contributed by atoms with van der Waals surface area (Å²) in [5.74, 6) is -2.29. The first-order chi connectivity index (χ1) is 18.4. The Labute approximate surface area is 230 Å². The standard InChI is InChI=1S/C32H40O7/c1-16(8-7-11-33)23-13-22(10-9-17(23)2)32(30(36)37)15-31-18(3)12-26-24(19(4)29(35)39-26)14-25(31)20(5)27(32)28(31)38-21(6)34/h9-10,13,16,18,24,26-28,33H,4,7-8,11-12,14-15H2,1-3,5-6H3,(H,36,37). The first-order valence-electron chi connectivity index (χ1n) is 14.1. The van der Waals surface area contributed by atoms with Crippen molar-refractivity contribution in [3.8, 4) is 0 Å². The van der Waals surface area contributed by atoms with E-state index in [2.05, 4.69) is 20.4 Å². The molecule has 7 heteroatoms. The number of fused-ring (bicyclic) bond motifs is 2. The number of aliphatic hydroxyl groups excluding tert-OH is 1. The lowest BCUT2D eigenvalue weighted by atomic mass is 9.60. The molecule has 210 valence electrons. The maximum absolute atomic E-state index is 13.5. The van der Waals surface area contributed by atoms with Crippen LogP contribution in [-0.4, -0.2) is 46.9 Å². The van der Waals surface area contributed by atoms with Crippen molar-refractivity contribution < 1.29 is 34.1 Å². The molecule has 0 aromatic heterocycles. The van der Waals surface area contributed by atoms with Crippen molar-refractivity contribution in [1.82, 2.24) is 0 Å². The number of aliphatic hydroxyl groups is 1. The van der Waals surface area contributed by atoms with Crippen molar-refractivity contribution in [2.75, 3.05) is 6.61 Å². The molecule has 1 aliphatic heterocycles. The van der Waals surface area contributed by atoms with E-state index >= 15 is 0 Å². The largest absolute Gasteiger partial charge is 0.481 e. The van der Waals surface area contributed by atoms with Gasteiger partial charge in [-0.3, -0.25) is 9.59 Å². The maximum atomic E-state index is 13.5. The van der Waals surface area contributed by atoms with Crippen LogP contribution in [0.15, 0.2) is 41.5 Å². The first kappa shape index (κ1) is 27.6. The third-order valence-corrected chi connectivity index (χ3v) is 10.5. The molecule has 8 atom stereocenters. The van der Waals surface area contributed by atoms with E-state index in [0.717, 1.165) is 34.3 Å². The molecule has 1 spiro atoms. The van der Waals surface area contributed by atoms with Crippen LogP contribution in [0.5, 0.6) is 0 Å². The lowest BCUT2D eigenvalue weighted by molar-refractivity contribution is -0.155. The number of esters is 2. The van der Waals surface area contributed by atoms with Gasteiger partial charge in [0.15, 0.2) is 0 Å². The van der Waals surface area contributed by atoms with Gasteiger partial charge < -0.3 is 19.7 Å². The molecule has 5 rings (SSSR count). The molecule has 1 aromatic carbocycles. The molecule has 0 amide bonds. The van der Waals surface area contributed by atoms with Crippen LogP contribution >= 0.6 is 0 Å². The number of carboxylic acid groups (broad SMARTS) is 1. The molecule has 2 saturated carbocycles. The Morgan fingerprint density at radius 1 is 1.28 bits per heavy atom. The van der Waals surface area contributed by atoms with Crippen LogP contribution in [0.2, 0.25) is 0 Å². The zero-order valence-corrected chi connectivity index (χ0v) is 23.6. The van der Waals surface area contributed by atoms with Gasteiger partial charge in [0.2, 0.25) is 0 Å². The summed E-state index contributed by atoms with van der Waals surface area (Å²) < 4.78 is 11.8. The molecule has 1 heterocycles.